The SMILES string of the molecule is COc1cc(C(=O)N/N=C\c2cc(Cl)c(OCc3ccc(Cl)cc3)c(OC)c2)ccc1I. The Labute approximate surface area is 209 Å². The number of carbonyl (C=O) groups excluding carboxylic acids is 1. The predicted octanol–water partition coefficient (Wildman–Crippen LogP) is 5.96. The highest BCUT2D eigenvalue weighted by Gasteiger charge is 2.12. The normalized spacial score (nSPS) is 10.8. The molecule has 0 bridgehead atoms. The minimum atomic E-state index is -0.364. The van der Waals surface area contributed by atoms with Gasteiger partial charge in [0.2, 0.25) is 0 Å². The van der Waals surface area contributed by atoms with Crippen molar-refractivity contribution in [3.63, 3.8) is 0 Å². The predicted molar refractivity (Wildman–Crippen MR) is 135 cm³/mol. The van der Waals surface area contributed by atoms with Crippen LogP contribution in [0.15, 0.2) is 59.7 Å². The molecule has 0 unspecified atom stereocenters. The molecule has 0 aliphatic heterocycles. The smallest absolute Gasteiger partial charge is 0.271 e. The Morgan fingerprint density at radius 1 is 1.03 bits per heavy atom. The van der Waals surface area contributed by atoms with Crippen molar-refractivity contribution in [1.82, 2.24) is 5.43 Å². The number of hydrogen-bond donors (Lipinski definition) is 1. The zero-order valence-electron chi connectivity index (χ0n) is 17.2. The highest BCUT2D eigenvalue weighted by molar-refractivity contribution is 14.1. The molecule has 0 fully saturated rings. The first-order valence-electron chi connectivity index (χ1n) is 9.33. The van der Waals surface area contributed by atoms with Gasteiger partial charge in [-0.2, -0.15) is 5.10 Å². The lowest BCUT2D eigenvalue weighted by molar-refractivity contribution is 0.0954. The highest BCUT2D eigenvalue weighted by Crippen LogP contribution is 2.36. The van der Waals surface area contributed by atoms with E-state index in [0.717, 1.165) is 9.13 Å². The second kappa shape index (κ2) is 11.4. The molecule has 1 amide bonds. The van der Waals surface area contributed by atoms with Crippen LogP contribution in [0, 0.1) is 3.57 Å². The molecule has 6 nitrogen and oxygen atoms in total. The van der Waals surface area contributed by atoms with Crippen molar-refractivity contribution in [2.45, 2.75) is 6.61 Å². The van der Waals surface area contributed by atoms with Crippen molar-refractivity contribution in [2.24, 2.45) is 5.10 Å². The lowest BCUT2D eigenvalue weighted by Gasteiger charge is -2.13. The van der Waals surface area contributed by atoms with Crippen LogP contribution in [-0.4, -0.2) is 26.3 Å². The van der Waals surface area contributed by atoms with Crippen LogP contribution in [0.1, 0.15) is 21.5 Å². The molecule has 1 N–H and O–H groups in total. The van der Waals surface area contributed by atoms with Crippen LogP contribution in [-0.2, 0) is 6.61 Å². The molecule has 0 heterocycles. The van der Waals surface area contributed by atoms with Gasteiger partial charge in [0, 0.05) is 10.6 Å². The summed E-state index contributed by atoms with van der Waals surface area (Å²) in [4.78, 5) is 12.3. The average molecular weight is 585 g/mol. The van der Waals surface area contributed by atoms with E-state index in [9.17, 15) is 4.79 Å². The Morgan fingerprint density at radius 2 is 1.75 bits per heavy atom. The standard InChI is InChI=1S/C23H19Cl2IN2O4/c1-30-20-11-16(5-8-19(20)26)23(29)28-27-12-15-9-18(25)22(21(10-15)31-2)32-13-14-3-6-17(24)7-4-14/h3-12H,13H2,1-2H3,(H,28,29)/b27-12-. The third-order valence-corrected chi connectivity index (χ3v) is 5.77. The van der Waals surface area contributed by atoms with Crippen LogP contribution < -0.4 is 19.6 Å². The van der Waals surface area contributed by atoms with Gasteiger partial charge in [-0.05, 0) is 76.2 Å². The van der Waals surface area contributed by atoms with E-state index in [4.69, 9.17) is 37.4 Å². The first kappa shape index (κ1) is 24.2. The summed E-state index contributed by atoms with van der Waals surface area (Å²) in [7, 11) is 3.07. The Kier molecular flexibility index (Phi) is 8.60. The number of hydrogen-bond acceptors (Lipinski definition) is 5. The average Bonchev–Trinajstić information content (AvgIpc) is 2.79. The molecule has 0 atom stereocenters. The van der Waals surface area contributed by atoms with E-state index in [2.05, 4.69) is 33.1 Å². The molecule has 166 valence electrons. The van der Waals surface area contributed by atoms with Gasteiger partial charge in [0.25, 0.3) is 5.91 Å². The van der Waals surface area contributed by atoms with Gasteiger partial charge in [-0.3, -0.25) is 4.79 Å². The first-order chi connectivity index (χ1) is 15.4. The van der Waals surface area contributed by atoms with Gasteiger partial charge in [-0.25, -0.2) is 5.43 Å². The van der Waals surface area contributed by atoms with Crippen molar-refractivity contribution < 1.29 is 19.0 Å². The first-order valence-corrected chi connectivity index (χ1v) is 11.2. The fourth-order valence-electron chi connectivity index (χ4n) is 2.72. The second-order valence-corrected chi connectivity index (χ2v) is 8.50. The molecular formula is C23H19Cl2IN2O4. The molecule has 0 aliphatic carbocycles. The van der Waals surface area contributed by atoms with Gasteiger partial charge in [-0.15, -0.1) is 0 Å². The maximum absolute atomic E-state index is 12.3. The molecule has 3 aromatic rings. The van der Waals surface area contributed by atoms with Crippen LogP contribution in [0.2, 0.25) is 10.0 Å². The van der Waals surface area contributed by atoms with Gasteiger partial charge in [0.05, 0.1) is 29.0 Å². The monoisotopic (exact) mass is 584 g/mol. The molecule has 9 heteroatoms. The minimum absolute atomic E-state index is 0.302. The van der Waals surface area contributed by atoms with Crippen molar-refractivity contribution in [3.05, 3.63) is 84.9 Å². The summed E-state index contributed by atoms with van der Waals surface area (Å²) in [6.07, 6.45) is 1.47. The zero-order valence-corrected chi connectivity index (χ0v) is 20.9. The number of methoxy groups -OCH3 is 2. The number of rotatable bonds is 8. The Hall–Kier alpha value is -2.49. The second-order valence-electron chi connectivity index (χ2n) is 6.50. The third-order valence-electron chi connectivity index (χ3n) is 4.34. The number of halogens is 3. The summed E-state index contributed by atoms with van der Waals surface area (Å²) in [5, 5.41) is 5.02. The number of nitrogens with zero attached hydrogens (tertiary/aromatic N) is 1. The molecule has 0 saturated heterocycles. The largest absolute Gasteiger partial charge is 0.496 e. The summed E-state index contributed by atoms with van der Waals surface area (Å²) in [6.45, 7) is 0.302. The molecule has 0 aromatic heterocycles. The van der Waals surface area contributed by atoms with Crippen molar-refractivity contribution in [3.8, 4) is 17.2 Å². The minimum Gasteiger partial charge on any atom is -0.496 e. The fraction of sp³-hybridized carbons (Fsp3) is 0.130. The lowest BCUT2D eigenvalue weighted by Crippen LogP contribution is -2.17. The molecule has 0 radical (unpaired) electrons. The van der Waals surface area contributed by atoms with Crippen LogP contribution in [0.25, 0.3) is 0 Å². The van der Waals surface area contributed by atoms with Gasteiger partial charge < -0.3 is 14.2 Å². The molecule has 3 aromatic carbocycles. The number of hydrazone groups is 1. The molecule has 0 saturated carbocycles. The maximum Gasteiger partial charge on any atom is 0.271 e. The summed E-state index contributed by atoms with van der Waals surface area (Å²) in [5.41, 5.74) is 4.49. The van der Waals surface area contributed by atoms with Crippen LogP contribution in [0.3, 0.4) is 0 Å². The summed E-state index contributed by atoms with van der Waals surface area (Å²) in [5.74, 6) is 1.11. The Balaban J connectivity index is 1.69. The topological polar surface area (TPSA) is 69.2 Å². The van der Waals surface area contributed by atoms with Gasteiger partial charge in [0.15, 0.2) is 11.5 Å². The number of nitrogens with one attached hydrogen (secondary N) is 1. The number of amides is 1. The third kappa shape index (κ3) is 6.27. The van der Waals surface area contributed by atoms with E-state index in [-0.39, 0.29) is 5.91 Å². The van der Waals surface area contributed by atoms with Crippen LogP contribution in [0.4, 0.5) is 0 Å². The number of benzene rings is 3. The molecule has 0 spiro atoms. The van der Waals surface area contributed by atoms with Crippen molar-refractivity contribution in [2.75, 3.05) is 14.2 Å². The summed E-state index contributed by atoms with van der Waals surface area (Å²) < 4.78 is 17.4. The van der Waals surface area contributed by atoms with E-state index >= 15 is 0 Å². The van der Waals surface area contributed by atoms with Gasteiger partial charge >= 0.3 is 0 Å². The van der Waals surface area contributed by atoms with E-state index < -0.39 is 0 Å². The van der Waals surface area contributed by atoms with Gasteiger partial charge in [-0.1, -0.05) is 35.3 Å². The zero-order chi connectivity index (χ0) is 23.1. The van der Waals surface area contributed by atoms with E-state index in [1.54, 1.807) is 49.6 Å². The molecule has 3 rings (SSSR count). The van der Waals surface area contributed by atoms with Gasteiger partial charge in [0.1, 0.15) is 12.4 Å². The number of carbonyl (C=O) groups is 1. The van der Waals surface area contributed by atoms with Crippen molar-refractivity contribution in [1.29, 1.82) is 0 Å². The lowest BCUT2D eigenvalue weighted by atomic mass is 10.2. The fourth-order valence-corrected chi connectivity index (χ4v) is 3.68. The summed E-state index contributed by atoms with van der Waals surface area (Å²) in [6, 6.07) is 15.9. The van der Waals surface area contributed by atoms with Crippen LogP contribution >= 0.6 is 45.8 Å². The quantitative estimate of drug-likeness (QED) is 0.202. The Bertz CT molecular complexity index is 1140. The molecular weight excluding hydrogens is 566 g/mol. The van der Waals surface area contributed by atoms with Crippen molar-refractivity contribution >= 4 is 57.9 Å². The highest BCUT2D eigenvalue weighted by atomic mass is 127. The maximum atomic E-state index is 12.3. The molecule has 32 heavy (non-hydrogen) atoms. The molecule has 0 aliphatic rings. The van der Waals surface area contributed by atoms with E-state index in [0.29, 0.717) is 45.0 Å². The van der Waals surface area contributed by atoms with E-state index in [1.807, 2.05) is 12.1 Å². The summed E-state index contributed by atoms with van der Waals surface area (Å²) >= 11 is 14.4. The van der Waals surface area contributed by atoms with Crippen LogP contribution in [0.5, 0.6) is 17.2 Å². The van der Waals surface area contributed by atoms with E-state index in [1.165, 1.54) is 13.3 Å². The number of ether oxygens (including phenoxy) is 3. The Morgan fingerprint density at radius 3 is 2.44 bits per heavy atom.